The molecule has 0 aliphatic rings. The summed E-state index contributed by atoms with van der Waals surface area (Å²) in [5.41, 5.74) is 0.867. The fourth-order valence-corrected chi connectivity index (χ4v) is 2.17. The van der Waals surface area contributed by atoms with Gasteiger partial charge in [0, 0.05) is 17.1 Å². The van der Waals surface area contributed by atoms with Gasteiger partial charge in [-0.15, -0.1) is 0 Å². The van der Waals surface area contributed by atoms with E-state index in [0.717, 1.165) is 5.56 Å². The van der Waals surface area contributed by atoms with Crippen molar-refractivity contribution >= 4 is 29.1 Å². The third-order valence-corrected chi connectivity index (χ3v) is 3.49. The first-order valence-electron chi connectivity index (χ1n) is 6.15. The lowest BCUT2D eigenvalue weighted by Crippen LogP contribution is -2.33. The average Bonchev–Trinajstić information content (AvgIpc) is 2.34. The van der Waals surface area contributed by atoms with Gasteiger partial charge in [0.15, 0.2) is 0 Å². The molecule has 0 N–H and O–H groups in total. The van der Waals surface area contributed by atoms with Crippen LogP contribution in [-0.4, -0.2) is 30.6 Å². The van der Waals surface area contributed by atoms with Crippen LogP contribution in [-0.2, 0) is 9.53 Å². The summed E-state index contributed by atoms with van der Waals surface area (Å²) >= 11 is 12.0. The minimum atomic E-state index is -0.131. The van der Waals surface area contributed by atoms with Crippen molar-refractivity contribution in [2.45, 2.75) is 32.9 Å². The maximum Gasteiger partial charge on any atom is 0.248 e. The molecule has 1 rings (SSSR count). The number of benzene rings is 1. The van der Waals surface area contributed by atoms with Gasteiger partial charge < -0.3 is 9.64 Å². The highest BCUT2D eigenvalue weighted by molar-refractivity contribution is 6.35. The van der Waals surface area contributed by atoms with Crippen LogP contribution < -0.4 is 0 Å². The second-order valence-electron chi connectivity index (χ2n) is 4.71. The Kier molecular flexibility index (Phi) is 6.11. The monoisotopic (exact) mass is 303 g/mol. The van der Waals surface area contributed by atoms with Crippen LogP contribution in [0.15, 0.2) is 18.2 Å². The lowest BCUT2D eigenvalue weighted by atomic mass is 10.1. The van der Waals surface area contributed by atoms with Crippen LogP contribution in [0.2, 0.25) is 10.0 Å². The van der Waals surface area contributed by atoms with Crippen molar-refractivity contribution in [3.63, 3.8) is 0 Å². The molecular formula is C14H19Cl2NO2. The van der Waals surface area contributed by atoms with E-state index in [2.05, 4.69) is 0 Å². The van der Waals surface area contributed by atoms with Crippen molar-refractivity contribution < 1.29 is 9.53 Å². The third-order valence-electron chi connectivity index (χ3n) is 2.93. The summed E-state index contributed by atoms with van der Waals surface area (Å²) in [7, 11) is 1.74. The van der Waals surface area contributed by atoms with Crippen molar-refractivity contribution in [3.05, 3.63) is 33.8 Å². The topological polar surface area (TPSA) is 29.5 Å². The molecule has 0 aliphatic heterocycles. The quantitative estimate of drug-likeness (QED) is 0.824. The molecule has 0 bridgehead atoms. The summed E-state index contributed by atoms with van der Waals surface area (Å²) in [6.07, 6.45) is 0.0341. The predicted octanol–water partition coefficient (Wildman–Crippen LogP) is 3.94. The number of carbonyl (C=O) groups is 1. The van der Waals surface area contributed by atoms with Gasteiger partial charge in [-0.1, -0.05) is 29.3 Å². The highest BCUT2D eigenvalue weighted by atomic mass is 35.5. The molecule has 0 radical (unpaired) electrons. The van der Waals surface area contributed by atoms with Gasteiger partial charge in [-0.25, -0.2) is 0 Å². The highest BCUT2D eigenvalue weighted by Crippen LogP contribution is 2.29. The predicted molar refractivity (Wildman–Crippen MR) is 78.7 cm³/mol. The van der Waals surface area contributed by atoms with Crippen LogP contribution >= 0.6 is 23.2 Å². The van der Waals surface area contributed by atoms with Crippen molar-refractivity contribution in [1.29, 1.82) is 0 Å². The van der Waals surface area contributed by atoms with E-state index in [1.54, 1.807) is 24.1 Å². The molecule has 5 heteroatoms. The molecule has 0 spiro atoms. The van der Waals surface area contributed by atoms with Gasteiger partial charge in [0.05, 0.1) is 12.1 Å². The van der Waals surface area contributed by atoms with E-state index in [-0.39, 0.29) is 24.7 Å². The van der Waals surface area contributed by atoms with Gasteiger partial charge in [0.25, 0.3) is 0 Å². The number of hydrogen-bond donors (Lipinski definition) is 0. The number of rotatable bonds is 5. The molecule has 19 heavy (non-hydrogen) atoms. The van der Waals surface area contributed by atoms with Gasteiger partial charge >= 0.3 is 0 Å². The zero-order valence-corrected chi connectivity index (χ0v) is 13.1. The molecule has 1 aromatic rings. The maximum absolute atomic E-state index is 12.0. The lowest BCUT2D eigenvalue weighted by Gasteiger charge is -2.26. The fourth-order valence-electron chi connectivity index (χ4n) is 1.60. The summed E-state index contributed by atoms with van der Waals surface area (Å²) in [6.45, 7) is 5.78. The van der Waals surface area contributed by atoms with Crippen LogP contribution in [0.5, 0.6) is 0 Å². The zero-order valence-electron chi connectivity index (χ0n) is 11.6. The van der Waals surface area contributed by atoms with Crippen molar-refractivity contribution in [2.24, 2.45) is 0 Å². The van der Waals surface area contributed by atoms with Crippen LogP contribution in [0.4, 0.5) is 0 Å². The number of amides is 1. The Labute approximate surface area is 124 Å². The Hall–Kier alpha value is -0.770. The van der Waals surface area contributed by atoms with E-state index in [4.69, 9.17) is 27.9 Å². The molecule has 1 unspecified atom stereocenters. The van der Waals surface area contributed by atoms with E-state index < -0.39 is 0 Å². The van der Waals surface area contributed by atoms with E-state index in [9.17, 15) is 4.79 Å². The maximum atomic E-state index is 12.0. The van der Waals surface area contributed by atoms with Crippen molar-refractivity contribution in [2.75, 3.05) is 13.7 Å². The average molecular weight is 304 g/mol. The molecule has 3 nitrogen and oxygen atoms in total. The standard InChI is InChI=1S/C14H19Cl2NO2/c1-9(2)19-8-14(18)17(4)10(3)12-6-5-11(15)7-13(12)16/h5-7,9-10H,8H2,1-4H3. The van der Waals surface area contributed by atoms with Gasteiger partial charge in [-0.2, -0.15) is 0 Å². The molecule has 0 fully saturated rings. The molecule has 1 atom stereocenters. The van der Waals surface area contributed by atoms with Gasteiger partial charge in [-0.05, 0) is 38.5 Å². The second kappa shape index (κ2) is 7.13. The van der Waals surface area contributed by atoms with Crippen LogP contribution in [0.1, 0.15) is 32.4 Å². The van der Waals surface area contributed by atoms with E-state index >= 15 is 0 Å². The van der Waals surface area contributed by atoms with Gasteiger partial charge in [0.1, 0.15) is 6.61 Å². The first-order chi connectivity index (χ1) is 8.82. The van der Waals surface area contributed by atoms with Crippen molar-refractivity contribution in [3.8, 4) is 0 Å². The molecular weight excluding hydrogens is 285 g/mol. The largest absolute Gasteiger partial charge is 0.369 e. The van der Waals surface area contributed by atoms with Crippen molar-refractivity contribution in [1.82, 2.24) is 4.90 Å². The summed E-state index contributed by atoms with van der Waals surface area (Å²) < 4.78 is 5.31. The molecule has 106 valence electrons. The van der Waals surface area contributed by atoms with E-state index in [1.165, 1.54) is 0 Å². The molecule has 0 saturated heterocycles. The number of likely N-dealkylation sites (N-methyl/N-ethyl adjacent to an activating group) is 1. The smallest absolute Gasteiger partial charge is 0.248 e. The molecule has 0 heterocycles. The van der Waals surface area contributed by atoms with Crippen LogP contribution in [0.25, 0.3) is 0 Å². The molecule has 0 saturated carbocycles. The third kappa shape index (κ3) is 4.68. The number of nitrogens with zero attached hydrogens (tertiary/aromatic N) is 1. The molecule has 0 aliphatic carbocycles. The summed E-state index contributed by atoms with van der Waals surface area (Å²) in [4.78, 5) is 13.6. The van der Waals surface area contributed by atoms with Gasteiger partial charge in [0.2, 0.25) is 5.91 Å². The Morgan fingerprint density at radius 3 is 2.47 bits per heavy atom. The number of carbonyl (C=O) groups excluding carboxylic acids is 1. The number of hydrogen-bond acceptors (Lipinski definition) is 2. The SMILES string of the molecule is CC(C)OCC(=O)N(C)C(C)c1ccc(Cl)cc1Cl. The van der Waals surface area contributed by atoms with Crippen LogP contribution in [0, 0.1) is 0 Å². The number of ether oxygens (including phenoxy) is 1. The van der Waals surface area contributed by atoms with E-state index in [1.807, 2.05) is 26.8 Å². The van der Waals surface area contributed by atoms with Crippen LogP contribution in [0.3, 0.4) is 0 Å². The Morgan fingerprint density at radius 1 is 1.32 bits per heavy atom. The minimum absolute atomic E-state index is 0.0341. The molecule has 1 aromatic carbocycles. The number of halogens is 2. The summed E-state index contributed by atoms with van der Waals surface area (Å²) in [5.74, 6) is -0.0767. The minimum Gasteiger partial charge on any atom is -0.369 e. The Bertz CT molecular complexity index is 449. The van der Waals surface area contributed by atoms with E-state index in [0.29, 0.717) is 10.0 Å². The van der Waals surface area contributed by atoms with Gasteiger partial charge in [-0.3, -0.25) is 4.79 Å². The highest BCUT2D eigenvalue weighted by Gasteiger charge is 2.19. The second-order valence-corrected chi connectivity index (χ2v) is 5.55. The molecule has 1 amide bonds. The lowest BCUT2D eigenvalue weighted by molar-refractivity contribution is -0.138. The normalized spacial score (nSPS) is 12.6. The first kappa shape index (κ1) is 16.3. The Balaban J connectivity index is 2.75. The fraction of sp³-hybridized carbons (Fsp3) is 0.500. The first-order valence-corrected chi connectivity index (χ1v) is 6.90. The molecule has 0 aromatic heterocycles. The summed E-state index contributed by atoms with van der Waals surface area (Å²) in [5, 5.41) is 1.14. The Morgan fingerprint density at radius 2 is 1.95 bits per heavy atom. The summed E-state index contributed by atoms with van der Waals surface area (Å²) in [6, 6.07) is 5.15. The zero-order chi connectivity index (χ0) is 14.6.